The van der Waals surface area contributed by atoms with E-state index in [1.54, 1.807) is 6.20 Å². The number of likely N-dealkylation sites (N-methyl/N-ethyl adjacent to an activating group) is 1. The fourth-order valence-corrected chi connectivity index (χ4v) is 2.55. The van der Waals surface area contributed by atoms with E-state index >= 15 is 0 Å². The number of ether oxygens (including phenoxy) is 1. The Morgan fingerprint density at radius 2 is 1.92 bits per heavy atom. The summed E-state index contributed by atoms with van der Waals surface area (Å²) in [5, 5.41) is 12.9. The lowest BCUT2D eigenvalue weighted by Gasteiger charge is -2.16. The van der Waals surface area contributed by atoms with Gasteiger partial charge < -0.3 is 15.2 Å². The van der Waals surface area contributed by atoms with Gasteiger partial charge in [0.2, 0.25) is 0 Å². The second kappa shape index (κ2) is 8.88. The van der Waals surface area contributed by atoms with Gasteiger partial charge in [-0.1, -0.05) is 35.9 Å². The van der Waals surface area contributed by atoms with Crippen LogP contribution in [0.15, 0.2) is 36.5 Å². The number of benzene rings is 1. The van der Waals surface area contributed by atoms with Gasteiger partial charge in [0, 0.05) is 5.56 Å². The number of halogens is 3. The summed E-state index contributed by atoms with van der Waals surface area (Å²) < 4.78 is 5.86. The molecule has 2 aromatic rings. The Bertz CT molecular complexity index is 661. The molecule has 0 unspecified atom stereocenters. The summed E-state index contributed by atoms with van der Waals surface area (Å²) in [5.41, 5.74) is 2.78. The Balaban J connectivity index is 0.00000144. The SMILES string of the molecule is CNC1(COc2cnc(Cl)c(-c3ccc(CO)cc3)c2)CC1.Cl.Cl. The Labute approximate surface area is 159 Å². The van der Waals surface area contributed by atoms with Crippen LogP contribution >= 0.6 is 36.4 Å². The first-order valence-corrected chi connectivity index (χ1v) is 7.71. The van der Waals surface area contributed by atoms with E-state index in [0.29, 0.717) is 17.5 Å². The number of hydrogen-bond acceptors (Lipinski definition) is 4. The van der Waals surface area contributed by atoms with Gasteiger partial charge in [0.05, 0.1) is 18.3 Å². The van der Waals surface area contributed by atoms with Crippen LogP contribution in [0.5, 0.6) is 5.75 Å². The van der Waals surface area contributed by atoms with E-state index in [0.717, 1.165) is 29.5 Å². The van der Waals surface area contributed by atoms with Crippen LogP contribution in [0.2, 0.25) is 5.15 Å². The molecular weight excluding hydrogens is 371 g/mol. The standard InChI is InChI=1S/C17H19ClN2O2.2ClH/c1-19-17(6-7-17)11-22-14-8-15(16(18)20-9-14)13-4-2-12(10-21)3-5-13;;/h2-5,8-9,19,21H,6-7,10-11H2,1H3;2*1H. The molecule has 1 fully saturated rings. The maximum absolute atomic E-state index is 9.11. The topological polar surface area (TPSA) is 54.4 Å². The molecule has 0 aliphatic heterocycles. The lowest BCUT2D eigenvalue weighted by atomic mass is 10.1. The number of nitrogens with zero attached hydrogens (tertiary/aromatic N) is 1. The number of nitrogens with one attached hydrogen (secondary N) is 1. The Kier molecular flexibility index (Phi) is 7.77. The molecule has 1 aromatic heterocycles. The van der Waals surface area contributed by atoms with Crippen molar-refractivity contribution in [3.05, 3.63) is 47.2 Å². The van der Waals surface area contributed by atoms with E-state index in [-0.39, 0.29) is 37.0 Å². The second-order valence-electron chi connectivity index (χ2n) is 5.68. The molecule has 0 saturated heterocycles. The highest BCUT2D eigenvalue weighted by atomic mass is 35.5. The van der Waals surface area contributed by atoms with Crippen molar-refractivity contribution in [2.75, 3.05) is 13.7 Å². The zero-order valence-electron chi connectivity index (χ0n) is 13.3. The molecule has 2 N–H and O–H groups in total. The van der Waals surface area contributed by atoms with Gasteiger partial charge in [0.1, 0.15) is 17.5 Å². The van der Waals surface area contributed by atoms with Gasteiger partial charge in [0.15, 0.2) is 0 Å². The molecule has 0 atom stereocenters. The number of aromatic nitrogens is 1. The summed E-state index contributed by atoms with van der Waals surface area (Å²) in [5.74, 6) is 0.715. The predicted molar refractivity (Wildman–Crippen MR) is 102 cm³/mol. The van der Waals surface area contributed by atoms with Gasteiger partial charge in [-0.2, -0.15) is 0 Å². The highest BCUT2D eigenvalue weighted by Crippen LogP contribution is 2.36. The van der Waals surface area contributed by atoms with Crippen LogP contribution in [0, 0.1) is 0 Å². The average molecular weight is 392 g/mol. The van der Waals surface area contributed by atoms with E-state index in [2.05, 4.69) is 10.3 Å². The van der Waals surface area contributed by atoms with Crippen molar-refractivity contribution in [2.24, 2.45) is 0 Å². The molecule has 0 radical (unpaired) electrons. The number of pyridine rings is 1. The van der Waals surface area contributed by atoms with Crippen LogP contribution in [0.3, 0.4) is 0 Å². The zero-order chi connectivity index (χ0) is 15.6. The number of hydrogen-bond donors (Lipinski definition) is 2. The molecule has 132 valence electrons. The second-order valence-corrected chi connectivity index (χ2v) is 6.04. The molecule has 1 aliphatic rings. The molecule has 3 rings (SSSR count). The third-order valence-corrected chi connectivity index (χ3v) is 4.46. The normalized spacial score (nSPS) is 14.3. The van der Waals surface area contributed by atoms with E-state index in [1.165, 1.54) is 0 Å². The van der Waals surface area contributed by atoms with Crippen molar-refractivity contribution >= 4 is 36.4 Å². The highest BCUT2D eigenvalue weighted by Gasteiger charge is 2.41. The van der Waals surface area contributed by atoms with Crippen molar-refractivity contribution in [3.63, 3.8) is 0 Å². The van der Waals surface area contributed by atoms with Crippen molar-refractivity contribution in [2.45, 2.75) is 25.0 Å². The summed E-state index contributed by atoms with van der Waals surface area (Å²) in [4.78, 5) is 4.22. The first-order valence-electron chi connectivity index (χ1n) is 7.33. The summed E-state index contributed by atoms with van der Waals surface area (Å²) in [6.07, 6.45) is 3.93. The third kappa shape index (κ3) is 4.74. The van der Waals surface area contributed by atoms with Gasteiger partial charge in [-0.15, -0.1) is 24.8 Å². The summed E-state index contributed by atoms with van der Waals surface area (Å²) in [6, 6.07) is 9.51. The molecule has 0 amide bonds. The van der Waals surface area contributed by atoms with Crippen molar-refractivity contribution in [3.8, 4) is 16.9 Å². The van der Waals surface area contributed by atoms with Gasteiger partial charge in [-0.3, -0.25) is 0 Å². The van der Waals surface area contributed by atoms with Crippen molar-refractivity contribution in [1.29, 1.82) is 0 Å². The van der Waals surface area contributed by atoms with Crippen molar-refractivity contribution < 1.29 is 9.84 Å². The highest BCUT2D eigenvalue weighted by molar-refractivity contribution is 6.32. The van der Waals surface area contributed by atoms with Crippen LogP contribution in [0.1, 0.15) is 18.4 Å². The summed E-state index contributed by atoms with van der Waals surface area (Å²) >= 11 is 6.21. The van der Waals surface area contributed by atoms with E-state index in [4.69, 9.17) is 21.4 Å². The molecule has 1 saturated carbocycles. The molecule has 24 heavy (non-hydrogen) atoms. The Morgan fingerprint density at radius 3 is 2.46 bits per heavy atom. The van der Waals surface area contributed by atoms with Crippen LogP contribution in [0.25, 0.3) is 11.1 Å². The van der Waals surface area contributed by atoms with E-state index in [9.17, 15) is 0 Å². The van der Waals surface area contributed by atoms with E-state index < -0.39 is 0 Å². The lowest BCUT2D eigenvalue weighted by molar-refractivity contribution is 0.259. The molecule has 0 spiro atoms. The maximum Gasteiger partial charge on any atom is 0.138 e. The number of rotatable bonds is 6. The molecule has 1 aromatic carbocycles. The molecule has 1 heterocycles. The number of aliphatic hydroxyl groups is 1. The van der Waals surface area contributed by atoms with Gasteiger partial charge in [0.25, 0.3) is 0 Å². The molecule has 0 bridgehead atoms. The first kappa shape index (κ1) is 21.0. The first-order chi connectivity index (χ1) is 10.7. The molecule has 4 nitrogen and oxygen atoms in total. The summed E-state index contributed by atoms with van der Waals surface area (Å²) in [7, 11) is 1.96. The van der Waals surface area contributed by atoms with Gasteiger partial charge in [-0.05, 0) is 37.1 Å². The fraction of sp³-hybridized carbons (Fsp3) is 0.353. The minimum absolute atomic E-state index is 0. The van der Waals surface area contributed by atoms with Crippen LogP contribution in [0.4, 0.5) is 0 Å². The minimum atomic E-state index is 0. The van der Waals surface area contributed by atoms with Gasteiger partial charge >= 0.3 is 0 Å². The van der Waals surface area contributed by atoms with Crippen molar-refractivity contribution in [1.82, 2.24) is 10.3 Å². The summed E-state index contributed by atoms with van der Waals surface area (Å²) in [6.45, 7) is 0.664. The zero-order valence-corrected chi connectivity index (χ0v) is 15.7. The fourth-order valence-electron chi connectivity index (χ4n) is 2.34. The minimum Gasteiger partial charge on any atom is -0.490 e. The average Bonchev–Trinajstić information content (AvgIpc) is 3.35. The van der Waals surface area contributed by atoms with Crippen LogP contribution in [-0.4, -0.2) is 29.3 Å². The van der Waals surface area contributed by atoms with Crippen LogP contribution in [-0.2, 0) is 6.61 Å². The molecule has 1 aliphatic carbocycles. The Hall–Kier alpha value is -1.04. The van der Waals surface area contributed by atoms with Gasteiger partial charge in [-0.25, -0.2) is 4.98 Å². The largest absolute Gasteiger partial charge is 0.490 e. The molecular formula is C17H21Cl3N2O2. The quantitative estimate of drug-likeness (QED) is 0.734. The lowest BCUT2D eigenvalue weighted by Crippen LogP contribution is -2.33. The number of aliphatic hydroxyl groups excluding tert-OH is 1. The smallest absolute Gasteiger partial charge is 0.138 e. The third-order valence-electron chi connectivity index (χ3n) is 4.16. The van der Waals surface area contributed by atoms with E-state index in [1.807, 2.05) is 37.4 Å². The monoisotopic (exact) mass is 390 g/mol. The molecule has 7 heteroatoms. The maximum atomic E-state index is 9.11. The predicted octanol–water partition coefficient (Wildman–Crippen LogP) is 3.87. The van der Waals surface area contributed by atoms with Crippen LogP contribution < -0.4 is 10.1 Å². The Morgan fingerprint density at radius 1 is 1.25 bits per heavy atom.